The highest BCUT2D eigenvalue weighted by Gasteiger charge is 2.26. The van der Waals surface area contributed by atoms with Gasteiger partial charge in [-0.3, -0.25) is 14.5 Å². The minimum Gasteiger partial charge on any atom is -0.335 e. The van der Waals surface area contributed by atoms with Crippen molar-refractivity contribution in [3.05, 3.63) is 52.7 Å². The Kier molecular flexibility index (Phi) is 5.58. The number of rotatable bonds is 5. The summed E-state index contributed by atoms with van der Waals surface area (Å²) in [4.78, 5) is 29.4. The van der Waals surface area contributed by atoms with E-state index in [9.17, 15) is 14.0 Å². The van der Waals surface area contributed by atoms with Crippen molar-refractivity contribution in [2.75, 3.05) is 38.0 Å². The van der Waals surface area contributed by atoms with Crippen LogP contribution in [0.15, 0.2) is 42.0 Å². The molecule has 11 heteroatoms. The van der Waals surface area contributed by atoms with E-state index in [-0.39, 0.29) is 24.2 Å². The van der Waals surface area contributed by atoms with Crippen molar-refractivity contribution in [3.8, 4) is 5.69 Å². The summed E-state index contributed by atoms with van der Waals surface area (Å²) in [7, 11) is 0. The van der Waals surface area contributed by atoms with E-state index >= 15 is 0 Å². The third kappa shape index (κ3) is 4.46. The van der Waals surface area contributed by atoms with Crippen molar-refractivity contribution >= 4 is 28.8 Å². The molecule has 150 valence electrons. The van der Waals surface area contributed by atoms with E-state index in [2.05, 4.69) is 20.8 Å². The molecule has 0 atom stereocenters. The van der Waals surface area contributed by atoms with Gasteiger partial charge < -0.3 is 10.2 Å². The predicted molar refractivity (Wildman–Crippen MR) is 104 cm³/mol. The molecule has 1 aromatic carbocycles. The van der Waals surface area contributed by atoms with Crippen LogP contribution in [0.3, 0.4) is 0 Å². The van der Waals surface area contributed by atoms with E-state index in [1.54, 1.807) is 4.90 Å². The summed E-state index contributed by atoms with van der Waals surface area (Å²) in [5, 5.41) is 15.7. The van der Waals surface area contributed by atoms with Gasteiger partial charge in [-0.05, 0) is 46.1 Å². The van der Waals surface area contributed by atoms with Crippen molar-refractivity contribution in [2.45, 2.75) is 0 Å². The van der Waals surface area contributed by atoms with Crippen LogP contribution in [0, 0.1) is 5.82 Å². The van der Waals surface area contributed by atoms with Crippen LogP contribution < -0.4 is 5.32 Å². The number of nitrogens with zero attached hydrogens (tertiary/aromatic N) is 6. The zero-order chi connectivity index (χ0) is 20.2. The molecular weight excluding hydrogens is 397 g/mol. The molecule has 1 saturated heterocycles. The van der Waals surface area contributed by atoms with E-state index < -0.39 is 0 Å². The van der Waals surface area contributed by atoms with Crippen LogP contribution in [0.1, 0.15) is 9.67 Å². The summed E-state index contributed by atoms with van der Waals surface area (Å²) in [5.74, 6) is -0.589. The Labute approximate surface area is 169 Å². The molecule has 1 N–H and O–H groups in total. The van der Waals surface area contributed by atoms with E-state index in [0.29, 0.717) is 42.4 Å². The quantitative estimate of drug-likeness (QED) is 0.674. The third-order valence-corrected chi connectivity index (χ3v) is 5.48. The molecule has 1 aliphatic rings. The first kappa shape index (κ1) is 19.2. The van der Waals surface area contributed by atoms with Gasteiger partial charge in [0.1, 0.15) is 17.0 Å². The Hall–Kier alpha value is -3.18. The summed E-state index contributed by atoms with van der Waals surface area (Å²) in [5.41, 5.74) is 1.21. The van der Waals surface area contributed by atoms with Crippen LogP contribution in [0.4, 0.5) is 10.1 Å². The van der Waals surface area contributed by atoms with E-state index in [4.69, 9.17) is 0 Å². The molecular formula is C18H18FN7O2S. The Balaban J connectivity index is 1.30. The van der Waals surface area contributed by atoms with Crippen LogP contribution in [0.2, 0.25) is 0 Å². The highest BCUT2D eigenvalue weighted by atomic mass is 32.1. The van der Waals surface area contributed by atoms with Crippen LogP contribution in [0.25, 0.3) is 5.69 Å². The first-order valence-electron chi connectivity index (χ1n) is 8.98. The van der Waals surface area contributed by atoms with Crippen molar-refractivity contribution in [1.29, 1.82) is 0 Å². The number of halogens is 1. The fraction of sp³-hybridized carbons (Fsp3) is 0.278. The number of thiophene rings is 1. The van der Waals surface area contributed by atoms with E-state index in [1.165, 1.54) is 46.6 Å². The maximum atomic E-state index is 12.9. The van der Waals surface area contributed by atoms with Crippen molar-refractivity contribution in [3.63, 3.8) is 0 Å². The number of carbonyl (C=O) groups is 2. The Bertz CT molecular complexity index is 982. The number of amides is 2. The van der Waals surface area contributed by atoms with Gasteiger partial charge in [-0.2, -0.15) is 4.68 Å². The number of tetrazole rings is 1. The molecule has 3 heterocycles. The monoisotopic (exact) mass is 415 g/mol. The topological polar surface area (TPSA) is 96.3 Å². The van der Waals surface area contributed by atoms with Crippen LogP contribution in [0.5, 0.6) is 0 Å². The van der Waals surface area contributed by atoms with E-state index in [1.807, 2.05) is 16.3 Å². The molecule has 0 spiro atoms. The zero-order valence-electron chi connectivity index (χ0n) is 15.4. The van der Waals surface area contributed by atoms with Gasteiger partial charge in [0, 0.05) is 31.9 Å². The third-order valence-electron chi connectivity index (χ3n) is 4.59. The maximum Gasteiger partial charge on any atom is 0.266 e. The Morgan fingerprint density at radius 1 is 1.10 bits per heavy atom. The molecule has 2 aromatic heterocycles. The van der Waals surface area contributed by atoms with Crippen molar-refractivity contribution in [1.82, 2.24) is 30.0 Å². The fourth-order valence-electron chi connectivity index (χ4n) is 3.10. The number of hydrogen-bond acceptors (Lipinski definition) is 7. The molecule has 9 nitrogen and oxygen atoms in total. The van der Waals surface area contributed by atoms with Crippen molar-refractivity contribution < 1.29 is 14.0 Å². The molecule has 4 rings (SSSR count). The average Bonchev–Trinajstić information content (AvgIpc) is 3.41. The summed E-state index contributed by atoms with van der Waals surface area (Å²) in [6.07, 6.45) is 1.45. The van der Waals surface area contributed by atoms with Crippen LogP contribution in [-0.2, 0) is 4.79 Å². The standard InChI is InChI=1S/C18H18FN7O2S/c19-13-1-3-14(4-2-13)21-16(27)11-24-6-8-25(9-7-24)18(28)17-15(5-10-29-17)26-12-20-22-23-26/h1-5,10,12H,6-9,11H2,(H,21,27). The molecule has 0 unspecified atom stereocenters. The molecule has 0 radical (unpaired) electrons. The number of piperazine rings is 1. The van der Waals surface area contributed by atoms with Gasteiger partial charge in [0.25, 0.3) is 5.91 Å². The molecule has 0 bridgehead atoms. The summed E-state index contributed by atoms with van der Waals surface area (Å²) < 4.78 is 14.4. The number of anilines is 1. The lowest BCUT2D eigenvalue weighted by atomic mass is 10.2. The lowest BCUT2D eigenvalue weighted by Gasteiger charge is -2.34. The molecule has 29 heavy (non-hydrogen) atoms. The van der Waals surface area contributed by atoms with Gasteiger partial charge in [0.15, 0.2) is 0 Å². The molecule has 3 aromatic rings. The van der Waals surface area contributed by atoms with Crippen LogP contribution in [-0.4, -0.2) is 74.5 Å². The largest absolute Gasteiger partial charge is 0.335 e. The number of carbonyl (C=O) groups excluding carboxylic acids is 2. The van der Waals surface area contributed by atoms with Crippen molar-refractivity contribution in [2.24, 2.45) is 0 Å². The lowest BCUT2D eigenvalue weighted by molar-refractivity contribution is -0.117. The first-order chi connectivity index (χ1) is 14.1. The molecule has 0 aliphatic carbocycles. The highest BCUT2D eigenvalue weighted by Crippen LogP contribution is 2.22. The average molecular weight is 415 g/mol. The molecule has 0 saturated carbocycles. The second-order valence-electron chi connectivity index (χ2n) is 6.51. The highest BCUT2D eigenvalue weighted by molar-refractivity contribution is 7.12. The first-order valence-corrected chi connectivity index (χ1v) is 9.86. The fourth-order valence-corrected chi connectivity index (χ4v) is 3.95. The number of nitrogens with one attached hydrogen (secondary N) is 1. The summed E-state index contributed by atoms with van der Waals surface area (Å²) >= 11 is 1.35. The normalized spacial score (nSPS) is 14.7. The number of benzene rings is 1. The zero-order valence-corrected chi connectivity index (χ0v) is 16.2. The van der Waals surface area contributed by atoms with E-state index in [0.717, 1.165) is 0 Å². The second kappa shape index (κ2) is 8.45. The smallest absolute Gasteiger partial charge is 0.266 e. The summed E-state index contributed by atoms with van der Waals surface area (Å²) in [6, 6.07) is 7.45. The van der Waals surface area contributed by atoms with Gasteiger partial charge in [-0.25, -0.2) is 4.39 Å². The van der Waals surface area contributed by atoms with Gasteiger partial charge in [0.2, 0.25) is 5.91 Å². The lowest BCUT2D eigenvalue weighted by Crippen LogP contribution is -2.50. The SMILES string of the molecule is O=C(CN1CCN(C(=O)c2sccc2-n2cnnn2)CC1)Nc1ccc(F)cc1. The molecule has 2 amide bonds. The van der Waals surface area contributed by atoms with Gasteiger partial charge in [-0.15, -0.1) is 16.4 Å². The predicted octanol–water partition coefficient (Wildman–Crippen LogP) is 1.26. The minimum atomic E-state index is -0.349. The summed E-state index contributed by atoms with van der Waals surface area (Å²) in [6.45, 7) is 2.45. The van der Waals surface area contributed by atoms with Gasteiger partial charge >= 0.3 is 0 Å². The second-order valence-corrected chi connectivity index (χ2v) is 7.43. The number of aromatic nitrogens is 4. The molecule has 1 fully saturated rings. The Morgan fingerprint density at radius 3 is 2.55 bits per heavy atom. The Morgan fingerprint density at radius 2 is 1.86 bits per heavy atom. The maximum absolute atomic E-state index is 12.9. The minimum absolute atomic E-state index is 0.0686. The molecule has 1 aliphatic heterocycles. The number of hydrogen-bond donors (Lipinski definition) is 1. The van der Waals surface area contributed by atoms with Gasteiger partial charge in [0.05, 0.1) is 12.2 Å². The van der Waals surface area contributed by atoms with Gasteiger partial charge in [-0.1, -0.05) is 0 Å². The van der Waals surface area contributed by atoms with Crippen LogP contribution >= 0.6 is 11.3 Å².